The van der Waals surface area contributed by atoms with Crippen LogP contribution >= 0.6 is 0 Å². The molecule has 0 unspecified atom stereocenters. The third-order valence-corrected chi connectivity index (χ3v) is 2.43. The Hall–Kier alpha value is -1.78. The highest BCUT2D eigenvalue weighted by atomic mass is 16.4. The summed E-state index contributed by atoms with van der Waals surface area (Å²) in [5.74, 6) is -0.736. The third kappa shape index (κ3) is 4.40. The fourth-order valence-corrected chi connectivity index (χ4v) is 1.27. The Morgan fingerprint density at radius 3 is 2.60 bits per heavy atom. The predicted octanol–water partition coefficient (Wildman–Crippen LogP) is -2.83. The molecule has 0 radical (unpaired) electrons. The zero-order chi connectivity index (χ0) is 15.1. The van der Waals surface area contributed by atoms with E-state index >= 15 is 0 Å². The standard InChI is InChI=1S/C11H16N2O7/c14-5-7(15)8(16)9(17)10(18)11(19)13-12-4-6-2-1-3-20-6/h1-4,7-10,14-18H,5H2,(H,13,19)/b12-4-/t7-,8-,9+,10+/m1/s1. The van der Waals surface area contributed by atoms with Crippen molar-refractivity contribution in [3.63, 3.8) is 0 Å². The molecule has 4 atom stereocenters. The number of nitrogens with zero attached hydrogens (tertiary/aromatic N) is 1. The highest BCUT2D eigenvalue weighted by Gasteiger charge is 2.34. The Morgan fingerprint density at radius 1 is 1.35 bits per heavy atom. The van der Waals surface area contributed by atoms with Crippen LogP contribution in [-0.4, -0.2) is 68.7 Å². The van der Waals surface area contributed by atoms with E-state index in [9.17, 15) is 20.1 Å². The molecule has 112 valence electrons. The average Bonchev–Trinajstić information content (AvgIpc) is 2.97. The number of hydrazone groups is 1. The second kappa shape index (κ2) is 7.72. The van der Waals surface area contributed by atoms with Crippen LogP contribution in [-0.2, 0) is 4.79 Å². The number of amides is 1. The average molecular weight is 288 g/mol. The summed E-state index contributed by atoms with van der Waals surface area (Å²) in [5, 5.41) is 49.3. The van der Waals surface area contributed by atoms with Gasteiger partial charge in [-0.3, -0.25) is 4.79 Å². The molecule has 0 saturated heterocycles. The highest BCUT2D eigenvalue weighted by molar-refractivity contribution is 5.83. The number of aliphatic hydroxyl groups is 5. The Kier molecular flexibility index (Phi) is 6.28. The lowest BCUT2D eigenvalue weighted by molar-refractivity contribution is -0.148. The van der Waals surface area contributed by atoms with Crippen LogP contribution in [0.15, 0.2) is 27.9 Å². The maximum absolute atomic E-state index is 11.4. The minimum absolute atomic E-state index is 0.357. The van der Waals surface area contributed by atoms with Gasteiger partial charge in [-0.25, -0.2) is 5.43 Å². The maximum atomic E-state index is 11.4. The van der Waals surface area contributed by atoms with Crippen LogP contribution in [0.1, 0.15) is 5.76 Å². The first-order valence-corrected chi connectivity index (χ1v) is 5.67. The van der Waals surface area contributed by atoms with Crippen LogP contribution < -0.4 is 5.43 Å². The van der Waals surface area contributed by atoms with Gasteiger partial charge in [-0.05, 0) is 12.1 Å². The van der Waals surface area contributed by atoms with Crippen molar-refractivity contribution in [2.75, 3.05) is 6.61 Å². The predicted molar refractivity (Wildman–Crippen MR) is 65.6 cm³/mol. The zero-order valence-corrected chi connectivity index (χ0v) is 10.3. The van der Waals surface area contributed by atoms with E-state index in [1.807, 2.05) is 5.43 Å². The molecule has 1 aromatic rings. The number of rotatable bonds is 7. The second-order valence-electron chi connectivity index (χ2n) is 3.93. The Balaban J connectivity index is 2.49. The molecule has 0 spiro atoms. The summed E-state index contributed by atoms with van der Waals surface area (Å²) in [6, 6.07) is 3.18. The van der Waals surface area contributed by atoms with Gasteiger partial charge in [0.15, 0.2) is 6.10 Å². The van der Waals surface area contributed by atoms with Crippen molar-refractivity contribution >= 4 is 12.1 Å². The van der Waals surface area contributed by atoms with Crippen LogP contribution in [0.25, 0.3) is 0 Å². The van der Waals surface area contributed by atoms with Crippen molar-refractivity contribution in [2.24, 2.45) is 5.10 Å². The molecule has 1 heterocycles. The molecule has 0 aliphatic heterocycles. The van der Waals surface area contributed by atoms with E-state index in [1.165, 1.54) is 6.26 Å². The summed E-state index contributed by atoms with van der Waals surface area (Å²) in [7, 11) is 0. The van der Waals surface area contributed by atoms with Crippen LogP contribution in [0.5, 0.6) is 0 Å². The van der Waals surface area contributed by atoms with Crippen molar-refractivity contribution in [2.45, 2.75) is 24.4 Å². The lowest BCUT2D eigenvalue weighted by Crippen LogP contribution is -2.50. The van der Waals surface area contributed by atoms with E-state index in [0.717, 1.165) is 6.21 Å². The summed E-state index contributed by atoms with van der Waals surface area (Å²) in [6.45, 7) is -0.830. The van der Waals surface area contributed by atoms with Gasteiger partial charge in [0, 0.05) is 0 Å². The van der Waals surface area contributed by atoms with Gasteiger partial charge in [-0.2, -0.15) is 5.10 Å². The summed E-state index contributed by atoms with van der Waals surface area (Å²) in [5.41, 5.74) is 1.92. The number of carbonyl (C=O) groups is 1. The number of hydrogen-bond donors (Lipinski definition) is 6. The number of nitrogens with one attached hydrogen (secondary N) is 1. The van der Waals surface area contributed by atoms with Gasteiger partial charge in [0.05, 0.1) is 19.1 Å². The van der Waals surface area contributed by atoms with Crippen molar-refractivity contribution in [3.05, 3.63) is 24.2 Å². The summed E-state index contributed by atoms with van der Waals surface area (Å²) >= 11 is 0. The topological polar surface area (TPSA) is 156 Å². The molecule has 0 saturated carbocycles. The molecule has 0 bridgehead atoms. The lowest BCUT2D eigenvalue weighted by atomic mass is 10.0. The molecule has 9 nitrogen and oxygen atoms in total. The number of hydrogen-bond acceptors (Lipinski definition) is 8. The SMILES string of the molecule is O=C(N/N=C\c1ccco1)[C@@H](O)[C@@H](O)[C@H](O)[C@H](O)CO. The molecule has 6 N–H and O–H groups in total. The van der Waals surface area contributed by atoms with Gasteiger partial charge in [-0.1, -0.05) is 0 Å². The van der Waals surface area contributed by atoms with Crippen molar-refractivity contribution in [3.8, 4) is 0 Å². The number of carbonyl (C=O) groups excluding carboxylic acids is 1. The largest absolute Gasteiger partial charge is 0.463 e. The molecule has 0 aromatic carbocycles. The zero-order valence-electron chi connectivity index (χ0n) is 10.3. The normalized spacial score (nSPS) is 17.6. The molecule has 0 aliphatic carbocycles. The minimum Gasteiger partial charge on any atom is -0.463 e. The van der Waals surface area contributed by atoms with Gasteiger partial charge >= 0.3 is 0 Å². The number of aliphatic hydroxyl groups excluding tert-OH is 5. The Labute approximate surface area is 113 Å². The molecule has 1 aromatic heterocycles. The highest BCUT2D eigenvalue weighted by Crippen LogP contribution is 2.05. The van der Waals surface area contributed by atoms with Crippen molar-refractivity contribution in [1.82, 2.24) is 5.43 Å². The van der Waals surface area contributed by atoms with Crippen LogP contribution in [0, 0.1) is 0 Å². The van der Waals surface area contributed by atoms with Gasteiger partial charge in [0.2, 0.25) is 0 Å². The van der Waals surface area contributed by atoms with Gasteiger partial charge < -0.3 is 29.9 Å². The molecule has 1 amide bonds. The van der Waals surface area contributed by atoms with E-state index in [0.29, 0.717) is 5.76 Å². The van der Waals surface area contributed by atoms with E-state index in [-0.39, 0.29) is 0 Å². The first-order valence-electron chi connectivity index (χ1n) is 5.67. The molecule has 0 fully saturated rings. The van der Waals surface area contributed by atoms with Crippen molar-refractivity contribution < 1.29 is 34.7 Å². The van der Waals surface area contributed by atoms with E-state index in [4.69, 9.17) is 14.6 Å². The third-order valence-electron chi connectivity index (χ3n) is 2.43. The van der Waals surface area contributed by atoms with Crippen LogP contribution in [0.4, 0.5) is 0 Å². The Bertz CT molecular complexity index is 434. The van der Waals surface area contributed by atoms with Crippen LogP contribution in [0.3, 0.4) is 0 Å². The fourth-order valence-electron chi connectivity index (χ4n) is 1.27. The first kappa shape index (κ1) is 16.3. The Morgan fingerprint density at radius 2 is 2.05 bits per heavy atom. The first-order chi connectivity index (χ1) is 9.47. The maximum Gasteiger partial charge on any atom is 0.271 e. The summed E-state index contributed by atoms with van der Waals surface area (Å²) in [4.78, 5) is 11.4. The molecule has 0 aliphatic rings. The molecule has 1 rings (SSSR count). The van der Waals surface area contributed by atoms with Gasteiger partial charge in [0.25, 0.3) is 5.91 Å². The van der Waals surface area contributed by atoms with Crippen molar-refractivity contribution in [1.29, 1.82) is 0 Å². The quantitative estimate of drug-likeness (QED) is 0.233. The minimum atomic E-state index is -2.03. The molecular weight excluding hydrogens is 272 g/mol. The number of furan rings is 1. The smallest absolute Gasteiger partial charge is 0.271 e. The summed E-state index contributed by atoms with van der Waals surface area (Å²) in [6.07, 6.45) is -5.01. The summed E-state index contributed by atoms with van der Waals surface area (Å²) < 4.78 is 4.89. The fraction of sp³-hybridized carbons (Fsp3) is 0.455. The monoisotopic (exact) mass is 288 g/mol. The molecular formula is C11H16N2O7. The molecule has 9 heteroatoms. The van der Waals surface area contributed by atoms with Gasteiger partial charge in [0.1, 0.15) is 24.1 Å². The van der Waals surface area contributed by atoms with E-state index in [1.54, 1.807) is 12.1 Å². The second-order valence-corrected chi connectivity index (χ2v) is 3.93. The van der Waals surface area contributed by atoms with E-state index < -0.39 is 36.9 Å². The van der Waals surface area contributed by atoms with Crippen LogP contribution in [0.2, 0.25) is 0 Å². The van der Waals surface area contributed by atoms with E-state index in [2.05, 4.69) is 5.10 Å². The molecule has 20 heavy (non-hydrogen) atoms. The lowest BCUT2D eigenvalue weighted by Gasteiger charge is -2.24. The van der Waals surface area contributed by atoms with Gasteiger partial charge in [-0.15, -0.1) is 0 Å².